The lowest BCUT2D eigenvalue weighted by molar-refractivity contribution is 0.101. The van der Waals surface area contributed by atoms with Gasteiger partial charge >= 0.3 is 0 Å². The highest BCUT2D eigenvalue weighted by molar-refractivity contribution is 6.35. The first-order valence-corrected chi connectivity index (χ1v) is 6.49. The van der Waals surface area contributed by atoms with E-state index in [-0.39, 0.29) is 12.6 Å². The first-order chi connectivity index (χ1) is 9.66. The van der Waals surface area contributed by atoms with Gasteiger partial charge in [-0.1, -0.05) is 23.7 Å². The van der Waals surface area contributed by atoms with Crippen molar-refractivity contribution in [1.82, 2.24) is 0 Å². The predicted octanol–water partition coefficient (Wildman–Crippen LogP) is 4.01. The van der Waals surface area contributed by atoms with Gasteiger partial charge in [-0.2, -0.15) is 0 Å². The van der Waals surface area contributed by atoms with Gasteiger partial charge in [-0.3, -0.25) is 4.79 Å². The van der Waals surface area contributed by atoms with Crippen molar-refractivity contribution < 1.29 is 14.3 Å². The molecule has 0 saturated heterocycles. The topological polar surface area (TPSA) is 47.6 Å². The molecule has 0 unspecified atom stereocenters. The molecule has 0 aliphatic carbocycles. The van der Waals surface area contributed by atoms with Crippen molar-refractivity contribution in [2.45, 2.75) is 6.92 Å². The van der Waals surface area contributed by atoms with Gasteiger partial charge in [0, 0.05) is 0 Å². The van der Waals surface area contributed by atoms with Crippen LogP contribution in [0.15, 0.2) is 36.4 Å². The van der Waals surface area contributed by atoms with Crippen LogP contribution in [0.1, 0.15) is 17.3 Å². The molecule has 0 bridgehead atoms. The number of para-hydroxylation sites is 2. The van der Waals surface area contributed by atoms with E-state index >= 15 is 0 Å². The highest BCUT2D eigenvalue weighted by Crippen LogP contribution is 2.39. The summed E-state index contributed by atoms with van der Waals surface area (Å²) in [6, 6.07) is 10.8. The Hall–Kier alpha value is -2.20. The molecule has 3 rings (SSSR count). The van der Waals surface area contributed by atoms with Crippen molar-refractivity contribution in [3.05, 3.63) is 47.0 Å². The fourth-order valence-corrected chi connectivity index (χ4v) is 2.42. The summed E-state index contributed by atoms with van der Waals surface area (Å²) >= 11 is 6.13. The number of rotatable bonds is 1. The summed E-state index contributed by atoms with van der Waals surface area (Å²) in [5.41, 5.74) is 1.75. The van der Waals surface area contributed by atoms with Crippen LogP contribution in [-0.4, -0.2) is 12.6 Å². The first-order valence-electron chi connectivity index (χ1n) is 6.12. The molecule has 4 nitrogen and oxygen atoms in total. The third-order valence-electron chi connectivity index (χ3n) is 3.04. The number of ketones is 1. The SMILES string of the molecule is CC(=O)c1c(Cl)ccc2c1Nc1ccccc1OCO2. The summed E-state index contributed by atoms with van der Waals surface area (Å²) in [6.07, 6.45) is 0. The minimum Gasteiger partial charge on any atom is -0.455 e. The van der Waals surface area contributed by atoms with Crippen LogP contribution >= 0.6 is 11.6 Å². The number of carbonyl (C=O) groups excluding carboxylic acids is 1. The van der Waals surface area contributed by atoms with Crippen molar-refractivity contribution in [3.8, 4) is 11.5 Å². The maximum atomic E-state index is 11.8. The lowest BCUT2D eigenvalue weighted by atomic mass is 10.1. The molecule has 1 N–H and O–H groups in total. The Bertz CT molecular complexity index is 685. The molecule has 0 saturated carbocycles. The Kier molecular flexibility index (Phi) is 3.24. The zero-order chi connectivity index (χ0) is 14.1. The van der Waals surface area contributed by atoms with E-state index in [1.165, 1.54) is 6.92 Å². The van der Waals surface area contributed by atoms with E-state index in [2.05, 4.69) is 5.32 Å². The molecule has 1 heterocycles. The predicted molar refractivity (Wildman–Crippen MR) is 77.3 cm³/mol. The van der Waals surface area contributed by atoms with Gasteiger partial charge in [0.05, 0.1) is 22.0 Å². The molecule has 0 aromatic heterocycles. The normalized spacial score (nSPS) is 12.7. The molecule has 20 heavy (non-hydrogen) atoms. The highest BCUT2D eigenvalue weighted by Gasteiger charge is 2.20. The van der Waals surface area contributed by atoms with Crippen molar-refractivity contribution >= 4 is 28.8 Å². The fraction of sp³-hybridized carbons (Fsp3) is 0.133. The Morgan fingerprint density at radius 2 is 1.90 bits per heavy atom. The largest absolute Gasteiger partial charge is 0.455 e. The number of anilines is 2. The quantitative estimate of drug-likeness (QED) is 0.806. The molecular weight excluding hydrogens is 278 g/mol. The second-order valence-electron chi connectivity index (χ2n) is 4.38. The third-order valence-corrected chi connectivity index (χ3v) is 3.36. The summed E-state index contributed by atoms with van der Waals surface area (Å²) in [5.74, 6) is 1.07. The lowest BCUT2D eigenvalue weighted by Crippen LogP contribution is -2.13. The Balaban J connectivity index is 2.18. The molecule has 102 valence electrons. The molecule has 2 aromatic carbocycles. The van der Waals surface area contributed by atoms with E-state index < -0.39 is 0 Å². The lowest BCUT2D eigenvalue weighted by Gasteiger charge is -2.22. The molecular formula is C15H12ClNO3. The van der Waals surface area contributed by atoms with E-state index in [0.29, 0.717) is 27.8 Å². The summed E-state index contributed by atoms with van der Waals surface area (Å²) in [7, 11) is 0. The van der Waals surface area contributed by atoms with Gasteiger partial charge in [-0.15, -0.1) is 0 Å². The van der Waals surface area contributed by atoms with E-state index in [1.807, 2.05) is 24.3 Å². The van der Waals surface area contributed by atoms with Gasteiger partial charge in [0.2, 0.25) is 6.79 Å². The molecule has 2 aromatic rings. The molecule has 1 aliphatic rings. The zero-order valence-electron chi connectivity index (χ0n) is 10.8. The summed E-state index contributed by atoms with van der Waals surface area (Å²) in [5, 5.41) is 3.57. The number of hydrogen-bond acceptors (Lipinski definition) is 4. The minimum atomic E-state index is -0.123. The Morgan fingerprint density at radius 3 is 2.70 bits per heavy atom. The summed E-state index contributed by atoms with van der Waals surface area (Å²) in [4.78, 5) is 11.8. The second kappa shape index (κ2) is 5.06. The number of benzene rings is 2. The standard InChI is InChI=1S/C15H12ClNO3/c1-9(18)14-10(16)6-7-13-15(14)17-11-4-2-3-5-12(11)19-8-20-13/h2-7,17H,8H2,1H3. The maximum absolute atomic E-state index is 11.8. The smallest absolute Gasteiger partial charge is 0.231 e. The molecule has 0 fully saturated rings. The van der Waals surface area contributed by atoms with Crippen molar-refractivity contribution in [2.75, 3.05) is 12.1 Å². The molecule has 1 aliphatic heterocycles. The van der Waals surface area contributed by atoms with Gasteiger partial charge in [0.1, 0.15) is 11.5 Å². The van der Waals surface area contributed by atoms with E-state index in [0.717, 1.165) is 5.69 Å². The van der Waals surface area contributed by atoms with E-state index in [1.54, 1.807) is 12.1 Å². The first kappa shape index (κ1) is 12.8. The van der Waals surface area contributed by atoms with Gasteiger partial charge in [-0.25, -0.2) is 0 Å². The number of halogens is 1. The monoisotopic (exact) mass is 289 g/mol. The number of ether oxygens (including phenoxy) is 2. The number of nitrogens with one attached hydrogen (secondary N) is 1. The number of hydrogen-bond donors (Lipinski definition) is 1. The van der Waals surface area contributed by atoms with Crippen LogP contribution in [0, 0.1) is 0 Å². The van der Waals surface area contributed by atoms with Gasteiger partial charge in [0.25, 0.3) is 0 Å². The van der Waals surface area contributed by atoms with Gasteiger partial charge in [-0.05, 0) is 31.2 Å². The van der Waals surface area contributed by atoms with Crippen molar-refractivity contribution in [1.29, 1.82) is 0 Å². The van der Waals surface area contributed by atoms with Crippen LogP contribution in [0.4, 0.5) is 11.4 Å². The maximum Gasteiger partial charge on any atom is 0.231 e. The van der Waals surface area contributed by atoms with Crippen molar-refractivity contribution in [3.63, 3.8) is 0 Å². The van der Waals surface area contributed by atoms with E-state index in [9.17, 15) is 4.79 Å². The molecule has 5 heteroatoms. The molecule has 0 spiro atoms. The average molecular weight is 290 g/mol. The van der Waals surface area contributed by atoms with E-state index in [4.69, 9.17) is 21.1 Å². The van der Waals surface area contributed by atoms with Crippen LogP contribution in [0.3, 0.4) is 0 Å². The summed E-state index contributed by atoms with van der Waals surface area (Å²) < 4.78 is 11.0. The Labute approximate surface area is 121 Å². The summed E-state index contributed by atoms with van der Waals surface area (Å²) in [6.45, 7) is 1.55. The van der Waals surface area contributed by atoms with Crippen LogP contribution in [0.5, 0.6) is 11.5 Å². The Morgan fingerprint density at radius 1 is 1.15 bits per heavy atom. The third kappa shape index (κ3) is 2.18. The van der Waals surface area contributed by atoms with Crippen LogP contribution in [0.25, 0.3) is 0 Å². The van der Waals surface area contributed by atoms with Crippen LogP contribution < -0.4 is 14.8 Å². The number of fused-ring (bicyclic) bond motifs is 2. The van der Waals surface area contributed by atoms with Gasteiger partial charge in [0.15, 0.2) is 5.78 Å². The fourth-order valence-electron chi connectivity index (χ4n) is 2.13. The molecule has 0 atom stereocenters. The van der Waals surface area contributed by atoms with Crippen LogP contribution in [-0.2, 0) is 0 Å². The van der Waals surface area contributed by atoms with Gasteiger partial charge < -0.3 is 14.8 Å². The second-order valence-corrected chi connectivity index (χ2v) is 4.79. The number of Topliss-reactive ketones (excluding diaryl/α,β-unsaturated/α-hetero) is 1. The number of carbonyl (C=O) groups is 1. The average Bonchev–Trinajstić information content (AvgIpc) is 2.39. The van der Waals surface area contributed by atoms with Crippen LogP contribution in [0.2, 0.25) is 5.02 Å². The molecule has 0 amide bonds. The molecule has 0 radical (unpaired) electrons. The zero-order valence-corrected chi connectivity index (χ0v) is 11.5. The van der Waals surface area contributed by atoms with Crippen molar-refractivity contribution in [2.24, 2.45) is 0 Å². The minimum absolute atomic E-state index is 0.0741. The highest BCUT2D eigenvalue weighted by atomic mass is 35.5.